The molecule has 1 aromatic rings. The van der Waals surface area contributed by atoms with Crippen molar-refractivity contribution < 1.29 is 14.8 Å². The van der Waals surface area contributed by atoms with E-state index in [1.54, 1.807) is 12.1 Å². The fraction of sp³-hybridized carbons (Fsp3) is 0.667. The van der Waals surface area contributed by atoms with E-state index in [2.05, 4.69) is 23.9 Å². The van der Waals surface area contributed by atoms with Gasteiger partial charge in [0.2, 0.25) is 0 Å². The van der Waals surface area contributed by atoms with Crippen LogP contribution in [0.15, 0.2) is 24.3 Å². The Kier molecular flexibility index (Phi) is 7.61. The van der Waals surface area contributed by atoms with Crippen LogP contribution in [0.3, 0.4) is 0 Å². The number of nitro benzene ring substituents is 1. The SMILES string of the molecule is CN1CCC[C@H]1CO.CN1CCC[C@H]1COc1ccc([N+](=O)[O-])cc1. The molecule has 2 aliphatic rings. The van der Waals surface area contributed by atoms with Crippen molar-refractivity contribution in [3.8, 4) is 5.75 Å². The summed E-state index contributed by atoms with van der Waals surface area (Å²) in [5.74, 6) is 0.691. The molecule has 140 valence electrons. The smallest absolute Gasteiger partial charge is 0.269 e. The van der Waals surface area contributed by atoms with E-state index in [1.807, 2.05) is 0 Å². The molecule has 1 aromatic carbocycles. The van der Waals surface area contributed by atoms with Crippen LogP contribution in [0.2, 0.25) is 0 Å². The molecule has 0 radical (unpaired) electrons. The summed E-state index contributed by atoms with van der Waals surface area (Å²) in [4.78, 5) is 14.6. The van der Waals surface area contributed by atoms with Crippen LogP contribution in [-0.4, -0.2) is 72.3 Å². The molecule has 0 saturated carbocycles. The highest BCUT2D eigenvalue weighted by Crippen LogP contribution is 2.20. The number of benzene rings is 1. The molecule has 2 aliphatic heterocycles. The van der Waals surface area contributed by atoms with E-state index in [0.29, 0.717) is 31.0 Å². The van der Waals surface area contributed by atoms with Gasteiger partial charge in [-0.05, 0) is 65.0 Å². The topological polar surface area (TPSA) is 79.1 Å². The van der Waals surface area contributed by atoms with Gasteiger partial charge < -0.3 is 19.6 Å². The first-order chi connectivity index (χ1) is 12.0. The van der Waals surface area contributed by atoms with E-state index >= 15 is 0 Å². The van der Waals surface area contributed by atoms with Crippen molar-refractivity contribution in [1.29, 1.82) is 0 Å². The number of aliphatic hydroxyl groups excluding tert-OH is 1. The molecule has 25 heavy (non-hydrogen) atoms. The molecule has 2 atom stereocenters. The van der Waals surface area contributed by atoms with Crippen molar-refractivity contribution in [2.45, 2.75) is 37.8 Å². The maximum atomic E-state index is 10.5. The number of nitro groups is 1. The van der Waals surface area contributed by atoms with Gasteiger partial charge in [0.25, 0.3) is 5.69 Å². The Hall–Kier alpha value is -1.70. The predicted octanol–water partition coefficient (Wildman–Crippen LogP) is 2.14. The van der Waals surface area contributed by atoms with Crippen LogP contribution in [0.5, 0.6) is 5.75 Å². The lowest BCUT2D eigenvalue weighted by atomic mass is 10.2. The third-order valence-corrected chi connectivity index (χ3v) is 5.04. The average molecular weight is 351 g/mol. The number of rotatable bonds is 5. The molecule has 0 aromatic heterocycles. The Labute approximate surface area is 149 Å². The zero-order valence-electron chi connectivity index (χ0n) is 15.1. The molecule has 0 unspecified atom stereocenters. The normalized spacial score (nSPS) is 24.0. The number of nitrogens with zero attached hydrogens (tertiary/aromatic N) is 3. The summed E-state index contributed by atoms with van der Waals surface area (Å²) in [6.07, 6.45) is 4.79. The monoisotopic (exact) mass is 351 g/mol. The molecule has 2 saturated heterocycles. The Balaban J connectivity index is 0.000000236. The molecule has 2 fully saturated rings. The van der Waals surface area contributed by atoms with Gasteiger partial charge in [0.05, 0.1) is 11.5 Å². The van der Waals surface area contributed by atoms with Crippen LogP contribution >= 0.6 is 0 Å². The molecular formula is C18H29N3O4. The number of non-ortho nitro benzene ring substituents is 1. The summed E-state index contributed by atoms with van der Waals surface area (Å²) in [5, 5.41) is 19.2. The highest BCUT2D eigenvalue weighted by atomic mass is 16.6. The molecular weight excluding hydrogens is 322 g/mol. The van der Waals surface area contributed by atoms with Gasteiger partial charge in [-0.2, -0.15) is 0 Å². The molecule has 0 bridgehead atoms. The van der Waals surface area contributed by atoms with E-state index in [9.17, 15) is 10.1 Å². The van der Waals surface area contributed by atoms with E-state index in [0.717, 1.165) is 19.5 Å². The summed E-state index contributed by atoms with van der Waals surface area (Å²) in [5.41, 5.74) is 0.0929. The molecule has 2 heterocycles. The highest BCUT2D eigenvalue weighted by Gasteiger charge is 2.21. The summed E-state index contributed by atoms with van der Waals surface area (Å²) in [7, 11) is 4.16. The third kappa shape index (κ3) is 5.95. The summed E-state index contributed by atoms with van der Waals surface area (Å²) >= 11 is 0. The van der Waals surface area contributed by atoms with E-state index in [4.69, 9.17) is 9.84 Å². The first kappa shape index (κ1) is 19.6. The van der Waals surface area contributed by atoms with Crippen LogP contribution in [0.1, 0.15) is 25.7 Å². The lowest BCUT2D eigenvalue weighted by Crippen LogP contribution is -2.30. The zero-order valence-corrected chi connectivity index (χ0v) is 15.1. The minimum absolute atomic E-state index is 0.0929. The highest BCUT2D eigenvalue weighted by molar-refractivity contribution is 5.35. The standard InChI is InChI=1S/C12H16N2O3.C6H13NO/c1-13-8-2-3-11(13)9-17-12-6-4-10(5-7-12)14(15)16;1-7-4-2-3-6(7)5-8/h4-7,11H,2-3,8-9H2,1H3;6,8H,2-5H2,1H3/t11-;6-/m00/s1. The number of aliphatic hydroxyl groups is 1. The Morgan fingerprint density at radius 3 is 2.08 bits per heavy atom. The summed E-state index contributed by atoms with van der Waals surface area (Å²) in [6.45, 7) is 3.25. The Morgan fingerprint density at radius 1 is 1.12 bits per heavy atom. The zero-order chi connectivity index (χ0) is 18.2. The third-order valence-electron chi connectivity index (χ3n) is 5.04. The van der Waals surface area contributed by atoms with Gasteiger partial charge >= 0.3 is 0 Å². The van der Waals surface area contributed by atoms with Gasteiger partial charge in [-0.15, -0.1) is 0 Å². The number of hydrogen-bond acceptors (Lipinski definition) is 6. The Bertz CT molecular complexity index is 538. The molecule has 0 aliphatic carbocycles. The van der Waals surface area contributed by atoms with Crippen LogP contribution in [-0.2, 0) is 0 Å². The van der Waals surface area contributed by atoms with Crippen molar-refractivity contribution >= 4 is 5.69 Å². The van der Waals surface area contributed by atoms with Gasteiger partial charge in [0, 0.05) is 24.2 Å². The largest absolute Gasteiger partial charge is 0.492 e. The van der Waals surface area contributed by atoms with Gasteiger partial charge in [-0.3, -0.25) is 10.1 Å². The number of hydrogen-bond donors (Lipinski definition) is 1. The van der Waals surface area contributed by atoms with Crippen LogP contribution < -0.4 is 4.74 Å². The minimum atomic E-state index is -0.408. The van der Waals surface area contributed by atoms with Crippen LogP contribution in [0, 0.1) is 10.1 Å². The number of ether oxygens (including phenoxy) is 1. The number of likely N-dealkylation sites (N-methyl/N-ethyl adjacent to an activating group) is 2. The second-order valence-corrected chi connectivity index (χ2v) is 6.80. The molecule has 7 heteroatoms. The second kappa shape index (κ2) is 9.70. The summed E-state index contributed by atoms with van der Waals surface area (Å²) < 4.78 is 5.63. The first-order valence-corrected chi connectivity index (χ1v) is 8.90. The number of likely N-dealkylation sites (tertiary alicyclic amines) is 2. The van der Waals surface area contributed by atoms with Crippen molar-refractivity contribution in [3.05, 3.63) is 34.4 Å². The van der Waals surface area contributed by atoms with Crippen molar-refractivity contribution in [3.63, 3.8) is 0 Å². The first-order valence-electron chi connectivity index (χ1n) is 8.90. The lowest BCUT2D eigenvalue weighted by Gasteiger charge is -2.19. The fourth-order valence-electron chi connectivity index (χ4n) is 3.26. The average Bonchev–Trinajstić information content (AvgIpc) is 3.21. The second-order valence-electron chi connectivity index (χ2n) is 6.80. The van der Waals surface area contributed by atoms with Gasteiger partial charge in [0.1, 0.15) is 12.4 Å². The fourth-order valence-corrected chi connectivity index (χ4v) is 3.26. The van der Waals surface area contributed by atoms with Crippen molar-refractivity contribution in [2.75, 3.05) is 40.4 Å². The van der Waals surface area contributed by atoms with E-state index in [1.165, 1.54) is 31.4 Å². The van der Waals surface area contributed by atoms with Gasteiger partial charge in [0.15, 0.2) is 0 Å². The van der Waals surface area contributed by atoms with Gasteiger partial charge in [-0.25, -0.2) is 0 Å². The predicted molar refractivity (Wildman–Crippen MR) is 97.0 cm³/mol. The molecule has 0 amide bonds. The van der Waals surface area contributed by atoms with Crippen LogP contribution in [0.4, 0.5) is 5.69 Å². The van der Waals surface area contributed by atoms with Gasteiger partial charge in [-0.1, -0.05) is 0 Å². The van der Waals surface area contributed by atoms with Crippen LogP contribution in [0.25, 0.3) is 0 Å². The van der Waals surface area contributed by atoms with Crippen molar-refractivity contribution in [1.82, 2.24) is 9.80 Å². The molecule has 7 nitrogen and oxygen atoms in total. The maximum absolute atomic E-state index is 10.5. The molecule has 1 N–H and O–H groups in total. The minimum Gasteiger partial charge on any atom is -0.492 e. The Morgan fingerprint density at radius 2 is 1.68 bits per heavy atom. The van der Waals surface area contributed by atoms with E-state index in [-0.39, 0.29) is 5.69 Å². The lowest BCUT2D eigenvalue weighted by molar-refractivity contribution is -0.384. The summed E-state index contributed by atoms with van der Waals surface area (Å²) in [6, 6.07) is 7.14. The molecule has 3 rings (SSSR count). The quantitative estimate of drug-likeness (QED) is 0.647. The molecule has 0 spiro atoms. The van der Waals surface area contributed by atoms with Crippen molar-refractivity contribution in [2.24, 2.45) is 0 Å². The van der Waals surface area contributed by atoms with E-state index < -0.39 is 4.92 Å². The maximum Gasteiger partial charge on any atom is 0.269 e.